The second-order valence-corrected chi connectivity index (χ2v) is 6.33. The van der Waals surface area contributed by atoms with Crippen molar-refractivity contribution in [1.29, 1.82) is 0 Å². The lowest BCUT2D eigenvalue weighted by Gasteiger charge is -2.40. The van der Waals surface area contributed by atoms with Crippen LogP contribution in [0.3, 0.4) is 0 Å². The minimum atomic E-state index is -3.97. The van der Waals surface area contributed by atoms with Crippen LogP contribution in [0.15, 0.2) is 0 Å². The van der Waals surface area contributed by atoms with E-state index in [4.69, 9.17) is 0 Å². The van der Waals surface area contributed by atoms with Crippen molar-refractivity contribution < 1.29 is 27.9 Å². The Bertz CT molecular complexity index is 445. The van der Waals surface area contributed by atoms with Crippen LogP contribution in [0.2, 0.25) is 0 Å². The summed E-state index contributed by atoms with van der Waals surface area (Å²) in [5, 5.41) is 9.20. The number of carbonyl (C=O) groups excluding carboxylic acids is 1. The van der Waals surface area contributed by atoms with Gasteiger partial charge in [-0.3, -0.25) is 9.59 Å². The predicted octanol–water partition coefficient (Wildman–Crippen LogP) is -0.182. The number of nitrogens with zero attached hydrogens (tertiary/aromatic N) is 1. The van der Waals surface area contributed by atoms with Crippen LogP contribution in [-0.4, -0.2) is 54.7 Å². The highest BCUT2D eigenvalue weighted by Gasteiger charge is 2.47. The Hall–Kier alpha value is -1.15. The third-order valence-electron chi connectivity index (χ3n) is 3.15. The summed E-state index contributed by atoms with van der Waals surface area (Å²) in [6, 6.07) is 0. The van der Waals surface area contributed by atoms with Gasteiger partial charge >= 0.3 is 11.9 Å². The summed E-state index contributed by atoms with van der Waals surface area (Å²) in [6.07, 6.45) is 1.47. The highest BCUT2D eigenvalue weighted by Crippen LogP contribution is 2.31. The Balaban J connectivity index is 3.04. The standard InChI is InChI=1S/C10H17NO6S/c1-10(9(13)14)5-3-4-6-11(10)18(15,16)7-8(12)17-2/h3-7H2,1-2H3,(H,13,14). The van der Waals surface area contributed by atoms with Gasteiger partial charge < -0.3 is 9.84 Å². The number of ether oxygens (including phenoxy) is 1. The molecule has 0 aliphatic carbocycles. The molecule has 0 bridgehead atoms. The van der Waals surface area contributed by atoms with E-state index in [0.29, 0.717) is 12.8 Å². The van der Waals surface area contributed by atoms with Crippen molar-refractivity contribution in [2.45, 2.75) is 31.7 Å². The number of piperidine rings is 1. The molecule has 0 amide bonds. The molecule has 0 aromatic heterocycles. The maximum atomic E-state index is 12.0. The molecule has 1 unspecified atom stereocenters. The number of esters is 1. The highest BCUT2D eigenvalue weighted by atomic mass is 32.2. The SMILES string of the molecule is COC(=O)CS(=O)(=O)N1CCCCC1(C)C(=O)O. The summed E-state index contributed by atoms with van der Waals surface area (Å²) in [5.41, 5.74) is -1.48. The number of hydrogen-bond donors (Lipinski definition) is 1. The molecule has 104 valence electrons. The number of aliphatic carboxylic acids is 1. The molecule has 0 aromatic carbocycles. The first kappa shape index (κ1) is 14.9. The molecular formula is C10H17NO6S. The Labute approximate surface area is 106 Å². The van der Waals surface area contributed by atoms with Crippen LogP contribution in [0.25, 0.3) is 0 Å². The van der Waals surface area contributed by atoms with E-state index in [1.807, 2.05) is 0 Å². The number of methoxy groups -OCH3 is 1. The molecule has 7 nitrogen and oxygen atoms in total. The van der Waals surface area contributed by atoms with Crippen molar-refractivity contribution in [3.05, 3.63) is 0 Å². The number of hydrogen-bond acceptors (Lipinski definition) is 5. The largest absolute Gasteiger partial charge is 0.480 e. The number of sulfonamides is 1. The highest BCUT2D eigenvalue weighted by molar-refractivity contribution is 7.89. The second-order valence-electron chi connectivity index (χ2n) is 4.44. The van der Waals surface area contributed by atoms with E-state index in [-0.39, 0.29) is 13.0 Å². The average Bonchev–Trinajstić information content (AvgIpc) is 2.28. The Morgan fingerprint density at radius 1 is 1.39 bits per heavy atom. The minimum absolute atomic E-state index is 0.113. The van der Waals surface area contributed by atoms with Gasteiger partial charge in [0, 0.05) is 6.54 Å². The van der Waals surface area contributed by atoms with Crippen molar-refractivity contribution in [2.24, 2.45) is 0 Å². The fraction of sp³-hybridized carbons (Fsp3) is 0.800. The summed E-state index contributed by atoms with van der Waals surface area (Å²) in [4.78, 5) is 22.3. The summed E-state index contributed by atoms with van der Waals surface area (Å²) in [7, 11) is -2.88. The van der Waals surface area contributed by atoms with Gasteiger partial charge in [0.25, 0.3) is 0 Å². The summed E-state index contributed by atoms with van der Waals surface area (Å²) < 4.78 is 29.3. The molecule has 0 saturated carbocycles. The van der Waals surface area contributed by atoms with Gasteiger partial charge in [0.1, 0.15) is 5.54 Å². The van der Waals surface area contributed by atoms with Crippen molar-refractivity contribution in [2.75, 3.05) is 19.4 Å². The molecule has 0 spiro atoms. The Morgan fingerprint density at radius 2 is 2.00 bits per heavy atom. The van der Waals surface area contributed by atoms with Crippen LogP contribution < -0.4 is 0 Å². The maximum Gasteiger partial charge on any atom is 0.324 e. The van der Waals surface area contributed by atoms with Gasteiger partial charge in [-0.2, -0.15) is 4.31 Å². The monoisotopic (exact) mass is 279 g/mol. The van der Waals surface area contributed by atoms with E-state index in [1.165, 1.54) is 6.92 Å². The first-order chi connectivity index (χ1) is 8.24. The topological polar surface area (TPSA) is 101 Å². The molecule has 18 heavy (non-hydrogen) atoms. The van der Waals surface area contributed by atoms with Crippen LogP contribution in [0.4, 0.5) is 0 Å². The minimum Gasteiger partial charge on any atom is -0.480 e. The average molecular weight is 279 g/mol. The van der Waals surface area contributed by atoms with Crippen LogP contribution in [0.5, 0.6) is 0 Å². The van der Waals surface area contributed by atoms with Crippen LogP contribution in [0, 0.1) is 0 Å². The number of carboxylic acids is 1. The Kier molecular flexibility index (Phi) is 4.33. The van der Waals surface area contributed by atoms with E-state index in [9.17, 15) is 23.1 Å². The van der Waals surface area contributed by atoms with Gasteiger partial charge in [-0.15, -0.1) is 0 Å². The molecule has 1 saturated heterocycles. The molecule has 1 aliphatic heterocycles. The Morgan fingerprint density at radius 3 is 2.50 bits per heavy atom. The smallest absolute Gasteiger partial charge is 0.324 e. The van der Waals surface area contributed by atoms with Crippen LogP contribution >= 0.6 is 0 Å². The predicted molar refractivity (Wildman–Crippen MR) is 62.4 cm³/mol. The molecule has 1 N–H and O–H groups in total. The zero-order valence-electron chi connectivity index (χ0n) is 10.4. The van der Waals surface area contributed by atoms with Crippen LogP contribution in [0.1, 0.15) is 26.2 Å². The van der Waals surface area contributed by atoms with E-state index in [0.717, 1.165) is 11.4 Å². The fourth-order valence-electron chi connectivity index (χ4n) is 2.04. The summed E-state index contributed by atoms with van der Waals surface area (Å²) >= 11 is 0. The molecule has 0 aromatic rings. The molecule has 1 atom stereocenters. The summed E-state index contributed by atoms with van der Waals surface area (Å²) in [5.74, 6) is -2.92. The van der Waals surface area contributed by atoms with E-state index in [2.05, 4.69) is 4.74 Å². The first-order valence-corrected chi connectivity index (χ1v) is 7.15. The van der Waals surface area contributed by atoms with Gasteiger partial charge in [0.05, 0.1) is 7.11 Å². The van der Waals surface area contributed by atoms with Crippen molar-refractivity contribution in [3.8, 4) is 0 Å². The normalized spacial score (nSPS) is 25.7. The lowest BCUT2D eigenvalue weighted by molar-refractivity contribution is -0.149. The number of rotatable bonds is 4. The quantitative estimate of drug-likeness (QED) is 0.716. The lowest BCUT2D eigenvalue weighted by atomic mass is 9.91. The molecule has 1 heterocycles. The maximum absolute atomic E-state index is 12.0. The first-order valence-electron chi connectivity index (χ1n) is 5.55. The fourth-order valence-corrected chi connectivity index (χ4v) is 3.80. The number of carboxylic acid groups (broad SMARTS) is 1. The zero-order chi connectivity index (χ0) is 14.0. The molecule has 1 aliphatic rings. The van der Waals surface area contributed by atoms with Gasteiger partial charge in [0.15, 0.2) is 5.75 Å². The van der Waals surface area contributed by atoms with E-state index < -0.39 is 33.3 Å². The van der Waals surface area contributed by atoms with Gasteiger partial charge in [-0.1, -0.05) is 0 Å². The molecule has 1 rings (SSSR count). The molecule has 8 heteroatoms. The van der Waals surface area contributed by atoms with Crippen molar-refractivity contribution in [3.63, 3.8) is 0 Å². The van der Waals surface area contributed by atoms with E-state index >= 15 is 0 Å². The van der Waals surface area contributed by atoms with Gasteiger partial charge in [-0.25, -0.2) is 8.42 Å². The third-order valence-corrected chi connectivity index (χ3v) is 5.01. The molecule has 1 fully saturated rings. The molecular weight excluding hydrogens is 262 g/mol. The summed E-state index contributed by atoms with van der Waals surface area (Å²) in [6.45, 7) is 1.48. The van der Waals surface area contributed by atoms with E-state index in [1.54, 1.807) is 0 Å². The van der Waals surface area contributed by atoms with Gasteiger partial charge in [0.2, 0.25) is 10.0 Å². The second kappa shape index (κ2) is 5.23. The number of carbonyl (C=O) groups is 2. The van der Waals surface area contributed by atoms with Crippen molar-refractivity contribution in [1.82, 2.24) is 4.31 Å². The third kappa shape index (κ3) is 2.81. The lowest BCUT2D eigenvalue weighted by Crippen LogP contribution is -2.58. The van der Waals surface area contributed by atoms with Crippen molar-refractivity contribution >= 4 is 22.0 Å². The molecule has 0 radical (unpaired) electrons. The van der Waals surface area contributed by atoms with Gasteiger partial charge in [-0.05, 0) is 26.2 Å². The van der Waals surface area contributed by atoms with Crippen LogP contribution in [-0.2, 0) is 24.3 Å². The zero-order valence-corrected chi connectivity index (χ0v) is 11.2.